The topological polar surface area (TPSA) is 4.41 Å². The second-order valence-corrected chi connectivity index (χ2v) is 9.20. The summed E-state index contributed by atoms with van der Waals surface area (Å²) in [6, 6.07) is 36.0. The molecule has 0 fully saturated rings. The van der Waals surface area contributed by atoms with Crippen LogP contribution in [-0.4, -0.2) is 4.40 Å². The van der Waals surface area contributed by atoms with Crippen LogP contribution in [0.1, 0.15) is 25.3 Å². The van der Waals surface area contributed by atoms with E-state index in [9.17, 15) is 0 Å². The Kier molecular flexibility index (Phi) is 3.52. The van der Waals surface area contributed by atoms with Gasteiger partial charge in [-0.05, 0) is 45.5 Å². The van der Waals surface area contributed by atoms with Crippen molar-refractivity contribution in [2.24, 2.45) is 0 Å². The van der Waals surface area contributed by atoms with Gasteiger partial charge in [0.15, 0.2) is 0 Å². The van der Waals surface area contributed by atoms with E-state index in [0.29, 0.717) is 5.92 Å². The molecule has 7 rings (SSSR count). The minimum absolute atomic E-state index is 0.531. The van der Waals surface area contributed by atoms with Gasteiger partial charge in [-0.25, -0.2) is 0 Å². The normalized spacial score (nSPS) is 12.3. The Bertz CT molecular complexity index is 1780. The Labute approximate surface area is 186 Å². The Morgan fingerprint density at radius 3 is 2.09 bits per heavy atom. The molecular formula is C31H23N. The van der Waals surface area contributed by atoms with E-state index in [1.54, 1.807) is 0 Å². The number of hydrogen-bond donors (Lipinski definition) is 0. The highest BCUT2D eigenvalue weighted by Crippen LogP contribution is 2.45. The lowest BCUT2D eigenvalue weighted by atomic mass is 9.91. The highest BCUT2D eigenvalue weighted by atomic mass is 14.9. The van der Waals surface area contributed by atoms with Crippen molar-refractivity contribution in [2.45, 2.75) is 19.8 Å². The molecule has 0 aliphatic heterocycles. The molecule has 0 radical (unpaired) electrons. The number of rotatable bonds is 2. The number of aromatic nitrogens is 1. The molecule has 0 saturated carbocycles. The third-order valence-electron chi connectivity index (χ3n) is 7.10. The van der Waals surface area contributed by atoms with Gasteiger partial charge in [-0.1, -0.05) is 98.8 Å². The van der Waals surface area contributed by atoms with Gasteiger partial charge < -0.3 is 4.40 Å². The summed E-state index contributed by atoms with van der Waals surface area (Å²) in [5.41, 5.74) is 7.91. The van der Waals surface area contributed by atoms with Crippen LogP contribution in [0.4, 0.5) is 0 Å². The molecule has 2 aromatic heterocycles. The van der Waals surface area contributed by atoms with Crippen molar-refractivity contribution in [3.05, 3.63) is 103 Å². The van der Waals surface area contributed by atoms with Crippen LogP contribution in [0.5, 0.6) is 0 Å². The molecule has 0 aliphatic rings. The van der Waals surface area contributed by atoms with Gasteiger partial charge in [0, 0.05) is 21.5 Å². The maximum Gasteiger partial charge on any atom is 0.0620 e. The zero-order chi connectivity index (χ0) is 21.4. The second-order valence-electron chi connectivity index (χ2n) is 9.20. The standard InChI is InChI=1S/C31H23N/c1-19(2)20-14-16-21(17-15-20)29-23-9-4-3-8-22(23)18-28-30(29)26-12-7-11-25-24-10-5-6-13-27(24)32(28)31(25)26/h3-19H,1-2H3. The maximum atomic E-state index is 2.48. The van der Waals surface area contributed by atoms with Gasteiger partial charge in [-0.15, -0.1) is 0 Å². The smallest absolute Gasteiger partial charge is 0.0620 e. The van der Waals surface area contributed by atoms with Gasteiger partial charge in [0.1, 0.15) is 0 Å². The second kappa shape index (κ2) is 6.34. The largest absolute Gasteiger partial charge is 0.308 e. The van der Waals surface area contributed by atoms with E-state index in [-0.39, 0.29) is 0 Å². The van der Waals surface area contributed by atoms with Crippen molar-refractivity contribution in [2.75, 3.05) is 0 Å². The monoisotopic (exact) mass is 409 g/mol. The molecule has 0 unspecified atom stereocenters. The van der Waals surface area contributed by atoms with Crippen molar-refractivity contribution >= 4 is 48.9 Å². The molecule has 0 saturated heterocycles. The summed E-state index contributed by atoms with van der Waals surface area (Å²) in [4.78, 5) is 0. The molecule has 1 heteroatoms. The Hall–Kier alpha value is -3.84. The van der Waals surface area contributed by atoms with Crippen molar-refractivity contribution < 1.29 is 0 Å². The lowest BCUT2D eigenvalue weighted by molar-refractivity contribution is 0.867. The Balaban J connectivity index is 1.74. The van der Waals surface area contributed by atoms with Gasteiger partial charge in [0.2, 0.25) is 0 Å². The summed E-state index contributed by atoms with van der Waals surface area (Å²) in [6.07, 6.45) is 0. The van der Waals surface area contributed by atoms with Crippen LogP contribution in [0.15, 0.2) is 97.1 Å². The molecule has 2 heterocycles. The minimum atomic E-state index is 0.531. The molecule has 0 N–H and O–H groups in total. The van der Waals surface area contributed by atoms with Crippen LogP contribution >= 0.6 is 0 Å². The van der Waals surface area contributed by atoms with E-state index in [4.69, 9.17) is 0 Å². The summed E-state index contributed by atoms with van der Waals surface area (Å²) in [5, 5.41) is 7.95. The molecule has 32 heavy (non-hydrogen) atoms. The van der Waals surface area contributed by atoms with Gasteiger partial charge in [0.25, 0.3) is 0 Å². The molecule has 7 aromatic rings. The van der Waals surface area contributed by atoms with E-state index >= 15 is 0 Å². The zero-order valence-corrected chi connectivity index (χ0v) is 18.3. The van der Waals surface area contributed by atoms with E-state index < -0.39 is 0 Å². The summed E-state index contributed by atoms with van der Waals surface area (Å²) >= 11 is 0. The summed E-state index contributed by atoms with van der Waals surface area (Å²) in [5.74, 6) is 0.531. The first-order valence-corrected chi connectivity index (χ1v) is 11.4. The molecule has 0 amide bonds. The van der Waals surface area contributed by atoms with Crippen LogP contribution in [0.25, 0.3) is 60.0 Å². The first-order chi connectivity index (χ1) is 15.7. The van der Waals surface area contributed by atoms with Crippen LogP contribution in [-0.2, 0) is 0 Å². The molecular weight excluding hydrogens is 386 g/mol. The number of nitrogens with zero attached hydrogens (tertiary/aromatic N) is 1. The third-order valence-corrected chi connectivity index (χ3v) is 7.10. The van der Waals surface area contributed by atoms with Crippen LogP contribution in [0.2, 0.25) is 0 Å². The van der Waals surface area contributed by atoms with Crippen LogP contribution in [0.3, 0.4) is 0 Å². The quantitative estimate of drug-likeness (QED) is 0.269. The Morgan fingerprint density at radius 2 is 1.28 bits per heavy atom. The van der Waals surface area contributed by atoms with Gasteiger partial charge >= 0.3 is 0 Å². The maximum absolute atomic E-state index is 2.48. The molecule has 1 nitrogen and oxygen atoms in total. The van der Waals surface area contributed by atoms with E-state index in [0.717, 1.165) is 0 Å². The molecule has 152 valence electrons. The molecule has 0 spiro atoms. The van der Waals surface area contributed by atoms with E-state index in [1.807, 2.05) is 0 Å². The van der Waals surface area contributed by atoms with Crippen LogP contribution < -0.4 is 0 Å². The van der Waals surface area contributed by atoms with Gasteiger partial charge in [-0.2, -0.15) is 0 Å². The first kappa shape index (κ1) is 17.8. The lowest BCUT2D eigenvalue weighted by Gasteiger charge is -2.12. The summed E-state index contributed by atoms with van der Waals surface area (Å²) < 4.78 is 2.48. The van der Waals surface area contributed by atoms with Crippen molar-refractivity contribution in [3.63, 3.8) is 0 Å². The van der Waals surface area contributed by atoms with Crippen LogP contribution in [0, 0.1) is 0 Å². The number of benzene rings is 5. The molecule has 0 atom stereocenters. The minimum Gasteiger partial charge on any atom is -0.308 e. The SMILES string of the molecule is CC(C)c1ccc(-c2c3ccccc3cc3c2c2cccc4c5ccccc5n3c42)cc1. The summed E-state index contributed by atoms with van der Waals surface area (Å²) in [6.45, 7) is 4.51. The fourth-order valence-electron chi connectivity index (χ4n) is 5.59. The van der Waals surface area contributed by atoms with E-state index in [1.165, 1.54) is 65.6 Å². The molecule has 0 bridgehead atoms. The Morgan fingerprint density at radius 1 is 0.594 bits per heavy atom. The predicted octanol–water partition coefficient (Wildman–Crippen LogP) is 8.78. The summed E-state index contributed by atoms with van der Waals surface area (Å²) in [7, 11) is 0. The number of para-hydroxylation sites is 2. The highest BCUT2D eigenvalue weighted by molar-refractivity contribution is 6.29. The third kappa shape index (κ3) is 2.23. The fraction of sp³-hybridized carbons (Fsp3) is 0.0968. The lowest BCUT2D eigenvalue weighted by Crippen LogP contribution is -1.89. The van der Waals surface area contributed by atoms with E-state index in [2.05, 4.69) is 115 Å². The number of hydrogen-bond acceptors (Lipinski definition) is 0. The van der Waals surface area contributed by atoms with Gasteiger partial charge in [0.05, 0.1) is 16.6 Å². The zero-order valence-electron chi connectivity index (χ0n) is 18.3. The fourth-order valence-corrected chi connectivity index (χ4v) is 5.59. The van der Waals surface area contributed by atoms with Gasteiger partial charge in [-0.3, -0.25) is 0 Å². The highest BCUT2D eigenvalue weighted by Gasteiger charge is 2.21. The van der Waals surface area contributed by atoms with Crippen molar-refractivity contribution in [1.29, 1.82) is 0 Å². The average Bonchev–Trinajstić information content (AvgIpc) is 3.35. The predicted molar refractivity (Wildman–Crippen MR) is 138 cm³/mol. The average molecular weight is 410 g/mol. The van der Waals surface area contributed by atoms with Crippen molar-refractivity contribution in [1.82, 2.24) is 4.40 Å². The molecule has 5 aromatic carbocycles. The van der Waals surface area contributed by atoms with Crippen molar-refractivity contribution in [3.8, 4) is 11.1 Å². The molecule has 0 aliphatic carbocycles. The first-order valence-electron chi connectivity index (χ1n) is 11.4. The number of fused-ring (bicyclic) bond motifs is 7.